The smallest absolute Gasteiger partial charge is 0.319 e. The fourth-order valence-corrected chi connectivity index (χ4v) is 0.496. The molecule has 0 saturated carbocycles. The highest BCUT2D eigenvalue weighted by atomic mass is 16.4. The second kappa shape index (κ2) is 1.85. The highest BCUT2D eigenvalue weighted by Gasteiger charge is 2.22. The molecule has 0 radical (unpaired) electrons. The number of nitrogens with zero attached hydrogens (tertiary/aromatic N) is 2. The molecule has 0 aromatic carbocycles. The molecule has 5 heteroatoms. The Morgan fingerprint density at radius 3 is 2.78 bits per heavy atom. The molecule has 9 heavy (non-hydrogen) atoms. The molecule has 0 saturated heterocycles. The zero-order valence-electron chi connectivity index (χ0n) is 4.48. The van der Waals surface area contributed by atoms with E-state index in [0.717, 1.165) is 0 Å². The number of hydrogen-bond donors (Lipinski definition) is 2. The largest absolute Gasteiger partial charge is 0.480 e. The summed E-state index contributed by atoms with van der Waals surface area (Å²) in [6.07, 6.45) is 1.19. The quantitative estimate of drug-likeness (QED) is 0.475. The first-order chi connectivity index (χ1) is 4.22. The van der Waals surface area contributed by atoms with Crippen LogP contribution in [0.4, 0.5) is 0 Å². The van der Waals surface area contributed by atoms with Crippen molar-refractivity contribution in [1.82, 2.24) is 0 Å². The minimum absolute atomic E-state index is 0.0440. The van der Waals surface area contributed by atoms with Crippen LogP contribution in [-0.4, -0.2) is 23.1 Å². The molecule has 0 amide bonds. The molecule has 0 aromatic rings. The van der Waals surface area contributed by atoms with Gasteiger partial charge in [0.05, 0.1) is 0 Å². The molecule has 0 spiro atoms. The molecule has 1 aliphatic heterocycles. The van der Waals surface area contributed by atoms with Crippen LogP contribution in [0.3, 0.4) is 0 Å². The second-order valence-electron chi connectivity index (χ2n) is 1.61. The lowest BCUT2D eigenvalue weighted by molar-refractivity contribution is -0.137. The second-order valence-corrected chi connectivity index (χ2v) is 1.61. The van der Waals surface area contributed by atoms with Crippen LogP contribution in [0.5, 0.6) is 0 Å². The van der Waals surface area contributed by atoms with Gasteiger partial charge in [-0.05, 0) is 0 Å². The lowest BCUT2D eigenvalue weighted by Crippen LogP contribution is -2.28. The molecule has 1 rings (SSSR count). The summed E-state index contributed by atoms with van der Waals surface area (Å²) >= 11 is 0. The van der Waals surface area contributed by atoms with Gasteiger partial charge in [-0.1, -0.05) is 0 Å². The lowest BCUT2D eigenvalue weighted by atomic mass is 10.2. The van der Waals surface area contributed by atoms with Gasteiger partial charge in [-0.25, -0.2) is 0 Å². The molecule has 1 atom stereocenters. The Balaban J connectivity index is 2.74. The number of hydrogen-bond acceptors (Lipinski definition) is 4. The highest BCUT2D eigenvalue weighted by molar-refractivity contribution is 6.13. The van der Waals surface area contributed by atoms with Crippen molar-refractivity contribution in [2.75, 3.05) is 0 Å². The molecule has 1 aliphatic rings. The van der Waals surface area contributed by atoms with Crippen molar-refractivity contribution < 1.29 is 9.90 Å². The third kappa shape index (κ3) is 0.883. The van der Waals surface area contributed by atoms with Crippen molar-refractivity contribution in [2.24, 2.45) is 21.9 Å². The normalized spacial score (nSPS) is 24.0. The molecular formula is C4H5N3O2. The third-order valence-electron chi connectivity index (χ3n) is 0.974. The number of carboxylic acid groups (broad SMARTS) is 1. The van der Waals surface area contributed by atoms with E-state index in [-0.39, 0.29) is 5.84 Å². The van der Waals surface area contributed by atoms with Crippen molar-refractivity contribution in [3.05, 3.63) is 0 Å². The topological polar surface area (TPSA) is 88.0 Å². The summed E-state index contributed by atoms with van der Waals surface area (Å²) in [7, 11) is 0. The molecule has 0 aliphatic carbocycles. The maximum Gasteiger partial charge on any atom is 0.319 e. The average Bonchev–Trinajstić information content (AvgIpc) is 2.13. The number of aliphatic carboxylic acids is 1. The number of carbonyl (C=O) groups is 1. The summed E-state index contributed by atoms with van der Waals surface area (Å²) < 4.78 is 0. The Kier molecular flexibility index (Phi) is 1.18. The summed E-state index contributed by atoms with van der Waals surface area (Å²) in [5.41, 5.74) is 5.12. The van der Waals surface area contributed by atoms with Crippen LogP contribution < -0.4 is 5.73 Å². The number of rotatable bonds is 1. The van der Waals surface area contributed by atoms with E-state index in [4.69, 9.17) is 10.8 Å². The Morgan fingerprint density at radius 2 is 2.56 bits per heavy atom. The van der Waals surface area contributed by atoms with Gasteiger partial charge in [0.2, 0.25) is 0 Å². The maximum atomic E-state index is 10.2. The maximum absolute atomic E-state index is 10.2. The van der Waals surface area contributed by atoms with Crippen LogP contribution >= 0.6 is 0 Å². The Labute approximate surface area is 50.9 Å². The summed E-state index contributed by atoms with van der Waals surface area (Å²) in [4.78, 5) is 10.2. The van der Waals surface area contributed by atoms with Crippen molar-refractivity contribution in [3.63, 3.8) is 0 Å². The number of carboxylic acids is 1. The molecule has 48 valence electrons. The average molecular weight is 127 g/mol. The molecule has 3 N–H and O–H groups in total. The SMILES string of the molecule is NC1=NN=CC1C(=O)O. The molecule has 1 unspecified atom stereocenters. The predicted octanol–water partition coefficient (Wildman–Crippen LogP) is -0.956. The Morgan fingerprint density at radius 1 is 1.89 bits per heavy atom. The van der Waals surface area contributed by atoms with Crippen LogP contribution in [-0.2, 0) is 4.79 Å². The van der Waals surface area contributed by atoms with E-state index < -0.39 is 11.9 Å². The van der Waals surface area contributed by atoms with Gasteiger partial charge in [0, 0.05) is 6.21 Å². The van der Waals surface area contributed by atoms with Crippen molar-refractivity contribution in [2.45, 2.75) is 0 Å². The standard InChI is InChI=1S/C4H5N3O2/c5-3-2(4(8)9)1-6-7-3/h1-2H,(H2,5,7)(H,8,9). The minimum Gasteiger partial charge on any atom is -0.480 e. The first-order valence-corrected chi connectivity index (χ1v) is 2.31. The first kappa shape index (κ1) is 5.74. The van der Waals surface area contributed by atoms with Crippen LogP contribution in [0.2, 0.25) is 0 Å². The van der Waals surface area contributed by atoms with E-state index in [2.05, 4.69) is 10.2 Å². The first-order valence-electron chi connectivity index (χ1n) is 2.31. The fraction of sp³-hybridized carbons (Fsp3) is 0.250. The minimum atomic E-state index is -1.02. The van der Waals surface area contributed by atoms with Crippen LogP contribution in [0.1, 0.15) is 0 Å². The van der Waals surface area contributed by atoms with Crippen molar-refractivity contribution in [1.29, 1.82) is 0 Å². The van der Waals surface area contributed by atoms with Gasteiger partial charge in [0.25, 0.3) is 0 Å². The zero-order chi connectivity index (χ0) is 6.85. The van der Waals surface area contributed by atoms with Gasteiger partial charge in [-0.2, -0.15) is 5.10 Å². The monoisotopic (exact) mass is 127 g/mol. The molecule has 5 nitrogen and oxygen atoms in total. The fourth-order valence-electron chi connectivity index (χ4n) is 0.496. The summed E-state index contributed by atoms with van der Waals surface area (Å²) in [6, 6.07) is 0. The van der Waals surface area contributed by atoms with Crippen molar-refractivity contribution >= 4 is 18.0 Å². The lowest BCUT2D eigenvalue weighted by Gasteiger charge is -1.95. The highest BCUT2D eigenvalue weighted by Crippen LogP contribution is 1.99. The van der Waals surface area contributed by atoms with E-state index in [1.807, 2.05) is 0 Å². The number of nitrogens with two attached hydrogens (primary N) is 1. The Bertz CT molecular complexity index is 196. The van der Waals surface area contributed by atoms with Gasteiger partial charge in [0.1, 0.15) is 5.84 Å². The molecule has 1 heterocycles. The molecular weight excluding hydrogens is 122 g/mol. The van der Waals surface area contributed by atoms with Crippen LogP contribution in [0, 0.1) is 5.92 Å². The van der Waals surface area contributed by atoms with E-state index in [1.54, 1.807) is 0 Å². The Hall–Kier alpha value is -1.39. The molecule has 0 fully saturated rings. The van der Waals surface area contributed by atoms with Gasteiger partial charge < -0.3 is 10.8 Å². The molecule has 0 bridgehead atoms. The predicted molar refractivity (Wildman–Crippen MR) is 31.2 cm³/mol. The summed E-state index contributed by atoms with van der Waals surface area (Å²) in [5, 5.41) is 15.0. The summed E-state index contributed by atoms with van der Waals surface area (Å²) in [6.45, 7) is 0. The van der Waals surface area contributed by atoms with Crippen molar-refractivity contribution in [3.8, 4) is 0 Å². The van der Waals surface area contributed by atoms with Gasteiger partial charge >= 0.3 is 5.97 Å². The third-order valence-corrected chi connectivity index (χ3v) is 0.974. The van der Waals surface area contributed by atoms with Gasteiger partial charge in [-0.15, -0.1) is 5.10 Å². The zero-order valence-corrected chi connectivity index (χ0v) is 4.48. The van der Waals surface area contributed by atoms with E-state index in [0.29, 0.717) is 0 Å². The van der Waals surface area contributed by atoms with E-state index >= 15 is 0 Å². The molecule has 0 aromatic heterocycles. The van der Waals surface area contributed by atoms with E-state index in [9.17, 15) is 4.79 Å². The van der Waals surface area contributed by atoms with Crippen LogP contribution in [0.15, 0.2) is 10.2 Å². The van der Waals surface area contributed by atoms with Gasteiger partial charge in [-0.3, -0.25) is 4.79 Å². The number of amidine groups is 1. The van der Waals surface area contributed by atoms with Gasteiger partial charge in [0.15, 0.2) is 5.92 Å². The van der Waals surface area contributed by atoms with E-state index in [1.165, 1.54) is 6.21 Å². The summed E-state index contributed by atoms with van der Waals surface area (Å²) in [5.74, 6) is -1.79. The van der Waals surface area contributed by atoms with Crippen LogP contribution in [0.25, 0.3) is 0 Å².